The van der Waals surface area contributed by atoms with E-state index >= 15 is 0 Å². The van der Waals surface area contributed by atoms with Crippen LogP contribution in [0.25, 0.3) is 0 Å². The van der Waals surface area contributed by atoms with Gasteiger partial charge in [-0.1, -0.05) is 42.0 Å². The molecule has 0 aliphatic heterocycles. The average molecular weight is 453 g/mol. The van der Waals surface area contributed by atoms with Gasteiger partial charge in [-0.05, 0) is 61.7 Å². The van der Waals surface area contributed by atoms with Crippen LogP contribution in [0, 0.1) is 20.8 Å². The van der Waals surface area contributed by atoms with Crippen molar-refractivity contribution in [2.75, 3.05) is 19.4 Å². The Morgan fingerprint density at radius 3 is 2.38 bits per heavy atom. The molecule has 7 heteroatoms. The Morgan fingerprint density at radius 1 is 0.969 bits per heavy atom. The SMILES string of the molecule is Cc1cccc(COc2ccccc2C(=O)Nc2cc(S(=O)(=O)N(C)C)cc(C)c2C)c1. The third-order valence-corrected chi connectivity index (χ3v) is 7.07. The van der Waals surface area contributed by atoms with E-state index in [-0.39, 0.29) is 10.8 Å². The normalized spacial score (nSPS) is 11.4. The number of anilines is 1. The summed E-state index contributed by atoms with van der Waals surface area (Å²) in [5.74, 6) is 0.0877. The van der Waals surface area contributed by atoms with Gasteiger partial charge in [0.05, 0.1) is 10.5 Å². The molecule has 3 aromatic rings. The van der Waals surface area contributed by atoms with Gasteiger partial charge in [0.15, 0.2) is 0 Å². The van der Waals surface area contributed by atoms with Gasteiger partial charge in [0.2, 0.25) is 10.0 Å². The van der Waals surface area contributed by atoms with Crippen molar-refractivity contribution in [2.24, 2.45) is 0 Å². The number of nitrogens with zero attached hydrogens (tertiary/aromatic N) is 1. The molecule has 0 spiro atoms. The second-order valence-corrected chi connectivity index (χ2v) is 10.1. The molecule has 3 rings (SSSR count). The van der Waals surface area contributed by atoms with E-state index < -0.39 is 10.0 Å². The van der Waals surface area contributed by atoms with E-state index in [0.717, 1.165) is 26.6 Å². The molecule has 6 nitrogen and oxygen atoms in total. The molecule has 0 saturated heterocycles. The number of nitrogens with one attached hydrogen (secondary N) is 1. The molecule has 168 valence electrons. The molecule has 0 saturated carbocycles. The number of rotatable bonds is 7. The monoisotopic (exact) mass is 452 g/mol. The lowest BCUT2D eigenvalue weighted by atomic mass is 10.1. The second kappa shape index (κ2) is 9.54. The number of amides is 1. The van der Waals surface area contributed by atoms with Crippen LogP contribution in [0.3, 0.4) is 0 Å². The molecule has 0 radical (unpaired) electrons. The molecule has 0 heterocycles. The van der Waals surface area contributed by atoms with E-state index in [1.165, 1.54) is 20.2 Å². The van der Waals surface area contributed by atoms with Crippen LogP contribution in [0.5, 0.6) is 5.75 Å². The topological polar surface area (TPSA) is 75.7 Å². The van der Waals surface area contributed by atoms with Crippen LogP contribution >= 0.6 is 0 Å². The summed E-state index contributed by atoms with van der Waals surface area (Å²) in [4.78, 5) is 13.2. The van der Waals surface area contributed by atoms with Crippen LogP contribution in [0.2, 0.25) is 0 Å². The van der Waals surface area contributed by atoms with Crippen LogP contribution in [0.1, 0.15) is 32.6 Å². The van der Waals surface area contributed by atoms with Gasteiger partial charge in [-0.2, -0.15) is 0 Å². The molecule has 0 fully saturated rings. The van der Waals surface area contributed by atoms with Crippen LogP contribution in [-0.4, -0.2) is 32.7 Å². The smallest absolute Gasteiger partial charge is 0.259 e. The van der Waals surface area contributed by atoms with Gasteiger partial charge in [0, 0.05) is 19.8 Å². The first-order valence-corrected chi connectivity index (χ1v) is 11.7. The first kappa shape index (κ1) is 23.5. The van der Waals surface area contributed by atoms with E-state index in [1.807, 2.05) is 51.1 Å². The highest BCUT2D eigenvalue weighted by molar-refractivity contribution is 7.89. The highest BCUT2D eigenvalue weighted by atomic mass is 32.2. The highest BCUT2D eigenvalue weighted by Gasteiger charge is 2.21. The quantitative estimate of drug-likeness (QED) is 0.564. The van der Waals surface area contributed by atoms with Gasteiger partial charge in [-0.15, -0.1) is 0 Å². The third-order valence-electron chi connectivity index (χ3n) is 5.28. The molecule has 0 aromatic heterocycles. The van der Waals surface area contributed by atoms with Crippen LogP contribution in [-0.2, 0) is 16.6 Å². The van der Waals surface area contributed by atoms with Crippen molar-refractivity contribution in [1.29, 1.82) is 0 Å². The van der Waals surface area contributed by atoms with Gasteiger partial charge < -0.3 is 10.1 Å². The summed E-state index contributed by atoms with van der Waals surface area (Å²) in [5, 5.41) is 2.86. The summed E-state index contributed by atoms with van der Waals surface area (Å²) in [6.45, 7) is 6.01. The third kappa shape index (κ3) is 5.18. The number of sulfonamides is 1. The maximum atomic E-state index is 13.1. The second-order valence-electron chi connectivity index (χ2n) is 7.93. The van der Waals surface area contributed by atoms with Crippen molar-refractivity contribution in [2.45, 2.75) is 32.3 Å². The minimum absolute atomic E-state index is 0.130. The largest absolute Gasteiger partial charge is 0.488 e. The minimum atomic E-state index is -3.63. The maximum absolute atomic E-state index is 13.1. The number of carbonyl (C=O) groups is 1. The number of carbonyl (C=O) groups excluding carboxylic acids is 1. The Bertz CT molecular complexity index is 1250. The van der Waals surface area contributed by atoms with E-state index in [0.29, 0.717) is 23.6 Å². The molecule has 0 unspecified atom stereocenters. The molecule has 3 aromatic carbocycles. The fraction of sp³-hybridized carbons (Fsp3) is 0.240. The Labute approximate surface area is 189 Å². The number of hydrogen-bond donors (Lipinski definition) is 1. The first-order chi connectivity index (χ1) is 15.1. The van der Waals surface area contributed by atoms with Crippen LogP contribution in [0.4, 0.5) is 5.69 Å². The van der Waals surface area contributed by atoms with E-state index in [9.17, 15) is 13.2 Å². The zero-order valence-corrected chi connectivity index (χ0v) is 19.8. The summed E-state index contributed by atoms with van der Waals surface area (Å²) in [6, 6.07) is 18.1. The number of para-hydroxylation sites is 1. The molecule has 0 atom stereocenters. The van der Waals surface area contributed by atoms with Crippen LogP contribution in [0.15, 0.2) is 65.6 Å². The van der Waals surface area contributed by atoms with Gasteiger partial charge in [-0.25, -0.2) is 12.7 Å². The molecule has 1 amide bonds. The molecule has 0 aliphatic rings. The van der Waals surface area contributed by atoms with Crippen molar-refractivity contribution in [1.82, 2.24) is 4.31 Å². The standard InChI is InChI=1S/C25H28N2O4S/c1-17-9-8-10-20(13-17)16-31-24-12-7-6-11-22(24)25(28)26-23-15-21(14-18(2)19(23)3)32(29,30)27(4)5/h6-15H,16H2,1-5H3,(H,26,28). The van der Waals surface area contributed by atoms with Gasteiger partial charge >= 0.3 is 0 Å². The lowest BCUT2D eigenvalue weighted by Gasteiger charge is -2.17. The summed E-state index contributed by atoms with van der Waals surface area (Å²) >= 11 is 0. The predicted molar refractivity (Wildman–Crippen MR) is 127 cm³/mol. The highest BCUT2D eigenvalue weighted by Crippen LogP contribution is 2.27. The summed E-state index contributed by atoms with van der Waals surface area (Å²) in [6.07, 6.45) is 0. The zero-order valence-electron chi connectivity index (χ0n) is 19.0. The Morgan fingerprint density at radius 2 is 1.69 bits per heavy atom. The lowest BCUT2D eigenvalue weighted by molar-refractivity contribution is 0.102. The van der Waals surface area contributed by atoms with E-state index in [1.54, 1.807) is 24.3 Å². The van der Waals surface area contributed by atoms with Gasteiger partial charge in [0.25, 0.3) is 5.91 Å². The first-order valence-electron chi connectivity index (χ1n) is 10.2. The number of ether oxygens (including phenoxy) is 1. The summed E-state index contributed by atoms with van der Waals surface area (Å²) in [7, 11) is -0.679. The van der Waals surface area contributed by atoms with E-state index in [2.05, 4.69) is 5.32 Å². The zero-order chi connectivity index (χ0) is 23.5. The van der Waals surface area contributed by atoms with Crippen molar-refractivity contribution < 1.29 is 17.9 Å². The van der Waals surface area contributed by atoms with Crippen molar-refractivity contribution in [3.8, 4) is 5.75 Å². The molecule has 1 N–H and O–H groups in total. The molecular formula is C25H28N2O4S. The Kier molecular flexibility index (Phi) is 7.01. The van der Waals surface area contributed by atoms with Crippen molar-refractivity contribution >= 4 is 21.6 Å². The predicted octanol–water partition coefficient (Wildman–Crippen LogP) is 4.69. The number of benzene rings is 3. The Hall–Kier alpha value is -3.16. The summed E-state index contributed by atoms with van der Waals surface area (Å²) < 4.78 is 32.3. The Balaban J connectivity index is 1.87. The fourth-order valence-corrected chi connectivity index (χ4v) is 4.26. The average Bonchev–Trinajstić information content (AvgIpc) is 2.75. The lowest BCUT2D eigenvalue weighted by Crippen LogP contribution is -2.23. The molecular weight excluding hydrogens is 424 g/mol. The van der Waals surface area contributed by atoms with Crippen molar-refractivity contribution in [3.63, 3.8) is 0 Å². The summed E-state index contributed by atoms with van der Waals surface area (Å²) in [5.41, 5.74) is 4.53. The molecule has 0 aliphatic carbocycles. The number of hydrogen-bond acceptors (Lipinski definition) is 4. The van der Waals surface area contributed by atoms with Crippen molar-refractivity contribution in [3.05, 3.63) is 88.5 Å². The minimum Gasteiger partial charge on any atom is -0.488 e. The maximum Gasteiger partial charge on any atom is 0.259 e. The van der Waals surface area contributed by atoms with Gasteiger partial charge in [0.1, 0.15) is 12.4 Å². The molecule has 32 heavy (non-hydrogen) atoms. The molecule has 0 bridgehead atoms. The fourth-order valence-electron chi connectivity index (χ4n) is 3.25. The van der Waals surface area contributed by atoms with Crippen LogP contribution < -0.4 is 10.1 Å². The number of aryl methyl sites for hydroxylation is 2. The van der Waals surface area contributed by atoms with Gasteiger partial charge in [-0.3, -0.25) is 4.79 Å². The van der Waals surface area contributed by atoms with E-state index in [4.69, 9.17) is 4.74 Å².